The highest BCUT2D eigenvalue weighted by Gasteiger charge is 2.24. The maximum Gasteiger partial charge on any atom is 0.0410 e. The molecule has 4 heteroatoms. The van der Waals surface area contributed by atoms with Gasteiger partial charge in [0.1, 0.15) is 0 Å². The Balaban J connectivity index is 2.21. The highest BCUT2D eigenvalue weighted by atomic mass is 35.5. The van der Waals surface area contributed by atoms with Crippen LogP contribution in [0.2, 0.25) is 5.02 Å². The van der Waals surface area contributed by atoms with Crippen LogP contribution in [0.1, 0.15) is 25.8 Å². The van der Waals surface area contributed by atoms with Crippen LogP contribution in [0.4, 0.5) is 5.69 Å². The molecule has 1 aliphatic heterocycles. The van der Waals surface area contributed by atoms with Gasteiger partial charge in [-0.05, 0) is 43.1 Å². The quantitative estimate of drug-likeness (QED) is 0.925. The molecule has 1 fully saturated rings. The van der Waals surface area contributed by atoms with Crippen LogP contribution in [0.15, 0.2) is 18.2 Å². The predicted molar refractivity (Wildman–Crippen MR) is 87.6 cm³/mol. The van der Waals surface area contributed by atoms with Crippen LogP contribution in [0.25, 0.3) is 0 Å². The van der Waals surface area contributed by atoms with Crippen molar-refractivity contribution >= 4 is 29.1 Å². The van der Waals surface area contributed by atoms with Gasteiger partial charge in [0.2, 0.25) is 0 Å². The first kappa shape index (κ1) is 15.0. The topological polar surface area (TPSA) is 29.3 Å². The van der Waals surface area contributed by atoms with Gasteiger partial charge in [0.05, 0.1) is 0 Å². The second-order valence-electron chi connectivity index (χ2n) is 5.66. The van der Waals surface area contributed by atoms with E-state index < -0.39 is 0 Å². The molecule has 0 saturated carbocycles. The Kier molecular flexibility index (Phi) is 5.04. The van der Waals surface area contributed by atoms with Crippen molar-refractivity contribution in [3.05, 3.63) is 28.8 Å². The van der Waals surface area contributed by atoms with E-state index >= 15 is 0 Å². The van der Waals surface area contributed by atoms with E-state index in [-0.39, 0.29) is 0 Å². The Morgan fingerprint density at radius 1 is 1.37 bits per heavy atom. The van der Waals surface area contributed by atoms with Crippen LogP contribution in [-0.2, 0) is 6.42 Å². The lowest BCUT2D eigenvalue weighted by Gasteiger charge is -2.26. The summed E-state index contributed by atoms with van der Waals surface area (Å²) in [6, 6.07) is 6.20. The molecule has 1 aliphatic rings. The first-order valence-electron chi connectivity index (χ1n) is 6.89. The zero-order valence-electron chi connectivity index (χ0n) is 11.8. The second-order valence-corrected chi connectivity index (χ2v) is 7.90. The van der Waals surface area contributed by atoms with Crippen molar-refractivity contribution in [1.29, 1.82) is 0 Å². The van der Waals surface area contributed by atoms with Crippen LogP contribution in [-0.4, -0.2) is 30.1 Å². The average molecular weight is 299 g/mol. The van der Waals surface area contributed by atoms with Crippen molar-refractivity contribution in [3.8, 4) is 0 Å². The molecule has 0 aliphatic carbocycles. The van der Waals surface area contributed by atoms with E-state index in [0.717, 1.165) is 24.5 Å². The largest absolute Gasteiger partial charge is 0.370 e. The molecule has 1 aromatic carbocycles. The van der Waals surface area contributed by atoms with E-state index in [1.54, 1.807) is 0 Å². The molecule has 106 valence electrons. The zero-order valence-corrected chi connectivity index (χ0v) is 13.4. The highest BCUT2D eigenvalue weighted by molar-refractivity contribution is 8.00. The lowest BCUT2D eigenvalue weighted by molar-refractivity contribution is 0.636. The first-order chi connectivity index (χ1) is 9.02. The summed E-state index contributed by atoms with van der Waals surface area (Å²) in [6.07, 6.45) is 2.10. The average Bonchev–Trinajstić information content (AvgIpc) is 2.51. The third-order valence-electron chi connectivity index (χ3n) is 3.63. The Bertz CT molecular complexity index is 434. The molecule has 2 N–H and O–H groups in total. The number of nitrogens with two attached hydrogens (primary N) is 1. The van der Waals surface area contributed by atoms with E-state index in [4.69, 9.17) is 17.3 Å². The van der Waals surface area contributed by atoms with Crippen molar-refractivity contribution in [3.63, 3.8) is 0 Å². The molecule has 0 aromatic heterocycles. The van der Waals surface area contributed by atoms with Gasteiger partial charge in [-0.3, -0.25) is 0 Å². The number of rotatable bonds is 3. The molecule has 2 rings (SSSR count). The summed E-state index contributed by atoms with van der Waals surface area (Å²) < 4.78 is 0.384. The maximum atomic E-state index is 6.11. The minimum atomic E-state index is 0.384. The molecule has 0 bridgehead atoms. The minimum absolute atomic E-state index is 0.384. The smallest absolute Gasteiger partial charge is 0.0410 e. The van der Waals surface area contributed by atoms with Gasteiger partial charge in [-0.25, -0.2) is 0 Å². The fraction of sp³-hybridized carbons (Fsp3) is 0.600. The molecule has 0 amide bonds. The molecule has 19 heavy (non-hydrogen) atoms. The third-order valence-corrected chi connectivity index (χ3v) is 5.24. The number of hydrogen-bond donors (Lipinski definition) is 1. The number of halogens is 1. The van der Waals surface area contributed by atoms with Gasteiger partial charge in [-0.2, -0.15) is 11.8 Å². The summed E-state index contributed by atoms with van der Waals surface area (Å²) >= 11 is 8.18. The minimum Gasteiger partial charge on any atom is -0.370 e. The van der Waals surface area contributed by atoms with E-state index in [1.165, 1.54) is 23.4 Å². The van der Waals surface area contributed by atoms with Crippen molar-refractivity contribution in [2.24, 2.45) is 5.73 Å². The summed E-state index contributed by atoms with van der Waals surface area (Å²) in [6.45, 7) is 7.56. The third kappa shape index (κ3) is 4.04. The second kappa shape index (κ2) is 6.38. The van der Waals surface area contributed by atoms with Gasteiger partial charge in [0.25, 0.3) is 0 Å². The Hall–Kier alpha value is -0.380. The number of anilines is 1. The highest BCUT2D eigenvalue weighted by Crippen LogP contribution is 2.33. The summed E-state index contributed by atoms with van der Waals surface area (Å²) in [7, 11) is 0. The van der Waals surface area contributed by atoms with E-state index in [1.807, 2.05) is 6.07 Å². The molecule has 2 nitrogen and oxygen atoms in total. The van der Waals surface area contributed by atoms with E-state index in [2.05, 4.69) is 42.6 Å². The van der Waals surface area contributed by atoms with Gasteiger partial charge in [-0.15, -0.1) is 0 Å². The lowest BCUT2D eigenvalue weighted by Crippen LogP contribution is -2.28. The van der Waals surface area contributed by atoms with Crippen LogP contribution in [0, 0.1) is 0 Å². The van der Waals surface area contributed by atoms with Crippen molar-refractivity contribution in [2.45, 2.75) is 31.4 Å². The van der Waals surface area contributed by atoms with E-state index in [0.29, 0.717) is 11.3 Å². The Morgan fingerprint density at radius 2 is 2.16 bits per heavy atom. The number of benzene rings is 1. The number of thioether (sulfide) groups is 1. The summed E-state index contributed by atoms with van der Waals surface area (Å²) in [5, 5.41) is 0.803. The Morgan fingerprint density at radius 3 is 2.89 bits per heavy atom. The van der Waals surface area contributed by atoms with Crippen molar-refractivity contribution in [1.82, 2.24) is 0 Å². The molecule has 0 radical (unpaired) electrons. The summed E-state index contributed by atoms with van der Waals surface area (Å²) in [5.74, 6) is 1.18. The monoisotopic (exact) mass is 298 g/mol. The number of nitrogens with zero attached hydrogens (tertiary/aromatic N) is 1. The molecule has 1 saturated heterocycles. The SMILES string of the molecule is CC1(C)CCN(c2ccc(Cl)cc2CCN)CCS1. The molecule has 0 unspecified atom stereocenters. The van der Waals surface area contributed by atoms with Crippen molar-refractivity contribution in [2.75, 3.05) is 30.3 Å². The maximum absolute atomic E-state index is 6.11. The fourth-order valence-corrected chi connectivity index (χ4v) is 3.77. The van der Waals surface area contributed by atoms with Gasteiger partial charge in [0, 0.05) is 34.3 Å². The van der Waals surface area contributed by atoms with E-state index in [9.17, 15) is 0 Å². The van der Waals surface area contributed by atoms with Gasteiger partial charge in [-0.1, -0.05) is 25.4 Å². The zero-order chi connectivity index (χ0) is 13.9. The normalized spacial score (nSPS) is 19.3. The van der Waals surface area contributed by atoms with Crippen LogP contribution in [0.3, 0.4) is 0 Å². The van der Waals surface area contributed by atoms with Crippen LogP contribution < -0.4 is 10.6 Å². The van der Waals surface area contributed by atoms with Gasteiger partial charge < -0.3 is 10.6 Å². The molecule has 1 aromatic rings. The fourth-order valence-electron chi connectivity index (χ4n) is 2.48. The van der Waals surface area contributed by atoms with Crippen LogP contribution in [0.5, 0.6) is 0 Å². The summed E-state index contributed by atoms with van der Waals surface area (Å²) in [4.78, 5) is 2.49. The first-order valence-corrected chi connectivity index (χ1v) is 8.25. The van der Waals surface area contributed by atoms with Gasteiger partial charge in [0.15, 0.2) is 0 Å². The van der Waals surface area contributed by atoms with Crippen molar-refractivity contribution < 1.29 is 0 Å². The van der Waals surface area contributed by atoms with Gasteiger partial charge >= 0.3 is 0 Å². The molecule has 0 atom stereocenters. The molecule has 1 heterocycles. The standard InChI is InChI=1S/C15H23ClN2S/c1-15(2)6-8-18(9-10-19-15)14-4-3-13(16)11-12(14)5-7-17/h3-4,11H,5-10,17H2,1-2H3. The van der Waals surface area contributed by atoms with Crippen LogP contribution >= 0.6 is 23.4 Å². The lowest BCUT2D eigenvalue weighted by atomic mass is 10.1. The number of hydrogen-bond acceptors (Lipinski definition) is 3. The Labute approximate surface area is 125 Å². The predicted octanol–water partition coefficient (Wildman–Crippen LogP) is 3.56. The molecular formula is C15H23ClN2S. The summed E-state index contributed by atoms with van der Waals surface area (Å²) in [5.41, 5.74) is 8.31. The molecular weight excluding hydrogens is 276 g/mol. The molecule has 0 spiro atoms.